The van der Waals surface area contributed by atoms with Gasteiger partial charge < -0.3 is 20.6 Å². The predicted octanol–water partition coefficient (Wildman–Crippen LogP) is 5.08. The largest absolute Gasteiger partial charge is 0.465 e. The van der Waals surface area contributed by atoms with Crippen LogP contribution in [0.1, 0.15) is 34.3 Å². The molecule has 1 atom stereocenters. The zero-order valence-corrected chi connectivity index (χ0v) is 22.1. The van der Waals surface area contributed by atoms with Crippen LogP contribution in [0.25, 0.3) is 33.2 Å². The summed E-state index contributed by atoms with van der Waals surface area (Å²) in [6.07, 6.45) is 3.32. The molecule has 2 aromatic carbocycles. The number of carboxylic acid groups (broad SMARTS) is 1. The molecule has 2 aromatic heterocycles. The molecule has 1 saturated heterocycles. The number of halogens is 1. The van der Waals surface area contributed by atoms with Crippen LogP contribution in [0, 0.1) is 24.1 Å². The Bertz CT molecular complexity index is 1680. The number of anilines is 1. The Morgan fingerprint density at radius 3 is 2.67 bits per heavy atom. The zero-order valence-electron chi connectivity index (χ0n) is 22.1. The molecule has 0 saturated carbocycles. The van der Waals surface area contributed by atoms with Gasteiger partial charge in [0.15, 0.2) is 0 Å². The summed E-state index contributed by atoms with van der Waals surface area (Å²) < 4.78 is 14.5. The van der Waals surface area contributed by atoms with Crippen LogP contribution in [0.4, 0.5) is 15.0 Å². The molecule has 2 amide bonds. The van der Waals surface area contributed by atoms with Crippen molar-refractivity contribution in [2.24, 2.45) is 0 Å². The number of nitrogens with zero attached hydrogens (tertiary/aromatic N) is 5. The SMILES string of the molecule is Cc1cc(F)cc(-c2cnc3ccc(-c4cc(C#N)cnc4N)cc3c2C(=O)N(C)C[C@@H]2CCCN2C(=O)O)c1. The van der Waals surface area contributed by atoms with Crippen molar-refractivity contribution in [1.29, 1.82) is 5.26 Å². The molecule has 10 heteroatoms. The van der Waals surface area contributed by atoms with E-state index in [1.54, 1.807) is 50.5 Å². The summed E-state index contributed by atoms with van der Waals surface area (Å²) in [7, 11) is 1.63. The second-order valence-corrected chi connectivity index (χ2v) is 10.0. The van der Waals surface area contributed by atoms with Crippen LogP contribution < -0.4 is 5.73 Å². The number of likely N-dealkylation sites (tertiary alicyclic amines) is 1. The summed E-state index contributed by atoms with van der Waals surface area (Å²) >= 11 is 0. The molecule has 5 rings (SSSR count). The van der Waals surface area contributed by atoms with Crippen molar-refractivity contribution < 1.29 is 19.1 Å². The number of aryl methyl sites for hydroxylation is 1. The highest BCUT2D eigenvalue weighted by molar-refractivity contribution is 6.12. The van der Waals surface area contributed by atoms with Gasteiger partial charge in [0.25, 0.3) is 5.91 Å². The first-order chi connectivity index (χ1) is 19.2. The number of nitrogen functional groups attached to an aromatic ring is 1. The van der Waals surface area contributed by atoms with Crippen LogP contribution in [0.5, 0.6) is 0 Å². The number of benzene rings is 2. The minimum atomic E-state index is -1.01. The first-order valence-corrected chi connectivity index (χ1v) is 12.8. The monoisotopic (exact) mass is 538 g/mol. The average molecular weight is 539 g/mol. The number of hydrogen-bond acceptors (Lipinski definition) is 6. The molecule has 3 N–H and O–H groups in total. The Morgan fingerprint density at radius 2 is 1.95 bits per heavy atom. The van der Waals surface area contributed by atoms with E-state index in [0.717, 1.165) is 6.42 Å². The van der Waals surface area contributed by atoms with Crippen LogP contribution in [0.2, 0.25) is 0 Å². The number of hydrogen-bond donors (Lipinski definition) is 2. The molecule has 0 spiro atoms. The molecule has 1 aliphatic heterocycles. The number of carbonyl (C=O) groups is 2. The minimum Gasteiger partial charge on any atom is -0.465 e. The van der Waals surface area contributed by atoms with E-state index < -0.39 is 11.9 Å². The van der Waals surface area contributed by atoms with Gasteiger partial charge in [-0.3, -0.25) is 9.78 Å². The number of amides is 2. The van der Waals surface area contributed by atoms with Gasteiger partial charge in [0.2, 0.25) is 0 Å². The highest BCUT2D eigenvalue weighted by Crippen LogP contribution is 2.35. The van der Waals surface area contributed by atoms with E-state index in [0.29, 0.717) is 62.8 Å². The van der Waals surface area contributed by atoms with E-state index in [2.05, 4.69) is 16.0 Å². The van der Waals surface area contributed by atoms with Crippen molar-refractivity contribution in [1.82, 2.24) is 19.8 Å². The second kappa shape index (κ2) is 10.6. The number of fused-ring (bicyclic) bond motifs is 1. The number of rotatable bonds is 5. The van der Waals surface area contributed by atoms with Crippen molar-refractivity contribution in [3.8, 4) is 28.3 Å². The van der Waals surface area contributed by atoms with Crippen LogP contribution in [0.15, 0.2) is 54.9 Å². The first-order valence-electron chi connectivity index (χ1n) is 12.8. The number of pyridine rings is 2. The van der Waals surface area contributed by atoms with E-state index >= 15 is 0 Å². The Hall–Kier alpha value is -5.04. The Morgan fingerprint density at radius 1 is 1.15 bits per heavy atom. The summed E-state index contributed by atoms with van der Waals surface area (Å²) in [5.41, 5.74) is 10.1. The van der Waals surface area contributed by atoms with Crippen LogP contribution in [0.3, 0.4) is 0 Å². The van der Waals surface area contributed by atoms with Crippen molar-refractivity contribution in [3.63, 3.8) is 0 Å². The van der Waals surface area contributed by atoms with E-state index in [4.69, 9.17) is 5.73 Å². The maximum Gasteiger partial charge on any atom is 0.407 e. The van der Waals surface area contributed by atoms with Gasteiger partial charge in [-0.15, -0.1) is 0 Å². The smallest absolute Gasteiger partial charge is 0.407 e. The fraction of sp³-hybridized carbons (Fsp3) is 0.233. The van der Waals surface area contributed by atoms with Crippen LogP contribution >= 0.6 is 0 Å². The molecule has 4 aromatic rings. The lowest BCUT2D eigenvalue weighted by Gasteiger charge is -2.28. The van der Waals surface area contributed by atoms with Gasteiger partial charge in [-0.1, -0.05) is 12.1 Å². The molecule has 0 unspecified atom stereocenters. The van der Waals surface area contributed by atoms with Gasteiger partial charge in [-0.05, 0) is 66.8 Å². The summed E-state index contributed by atoms with van der Waals surface area (Å²) in [6, 6.07) is 13.2. The Labute approximate surface area is 230 Å². The maximum atomic E-state index is 14.5. The lowest BCUT2D eigenvalue weighted by Crippen LogP contribution is -2.43. The fourth-order valence-corrected chi connectivity index (χ4v) is 5.34. The van der Waals surface area contributed by atoms with Gasteiger partial charge in [0.1, 0.15) is 17.7 Å². The topological polar surface area (TPSA) is 136 Å². The lowest BCUT2D eigenvalue weighted by molar-refractivity contribution is 0.0746. The highest BCUT2D eigenvalue weighted by atomic mass is 19.1. The Kier molecular flexibility index (Phi) is 7.05. The van der Waals surface area contributed by atoms with Crippen LogP contribution in [-0.4, -0.2) is 63.1 Å². The fourth-order valence-electron chi connectivity index (χ4n) is 5.34. The minimum absolute atomic E-state index is 0.206. The molecule has 0 bridgehead atoms. The summed E-state index contributed by atoms with van der Waals surface area (Å²) in [4.78, 5) is 37.4. The molecular formula is C30H27FN6O3. The normalized spacial score (nSPS) is 14.8. The van der Waals surface area contributed by atoms with E-state index in [9.17, 15) is 24.3 Å². The molecular weight excluding hydrogens is 511 g/mol. The van der Waals surface area contributed by atoms with Gasteiger partial charge in [0.05, 0.1) is 22.7 Å². The van der Waals surface area contributed by atoms with Crippen molar-refractivity contribution >= 4 is 28.7 Å². The highest BCUT2D eigenvalue weighted by Gasteiger charge is 2.31. The molecule has 9 nitrogen and oxygen atoms in total. The van der Waals surface area contributed by atoms with Gasteiger partial charge in [-0.25, -0.2) is 14.2 Å². The van der Waals surface area contributed by atoms with Crippen molar-refractivity contribution in [2.45, 2.75) is 25.8 Å². The van der Waals surface area contributed by atoms with Crippen molar-refractivity contribution in [2.75, 3.05) is 25.9 Å². The second-order valence-electron chi connectivity index (χ2n) is 10.0. The van der Waals surface area contributed by atoms with Gasteiger partial charge in [-0.2, -0.15) is 5.26 Å². The molecule has 40 heavy (non-hydrogen) atoms. The van der Waals surface area contributed by atoms with Gasteiger partial charge >= 0.3 is 6.09 Å². The van der Waals surface area contributed by atoms with E-state index in [1.807, 2.05) is 0 Å². The number of nitrogens with two attached hydrogens (primary N) is 1. The lowest BCUT2D eigenvalue weighted by atomic mass is 9.93. The molecule has 1 aliphatic rings. The predicted molar refractivity (Wildman–Crippen MR) is 149 cm³/mol. The maximum absolute atomic E-state index is 14.5. The van der Waals surface area contributed by atoms with E-state index in [-0.39, 0.29) is 24.3 Å². The van der Waals surface area contributed by atoms with E-state index in [1.165, 1.54) is 28.1 Å². The number of likely N-dealkylation sites (N-methyl/N-ethyl adjacent to an activating group) is 1. The molecule has 3 heterocycles. The van der Waals surface area contributed by atoms with Crippen LogP contribution in [-0.2, 0) is 0 Å². The third kappa shape index (κ3) is 5.01. The third-order valence-electron chi connectivity index (χ3n) is 7.25. The average Bonchev–Trinajstić information content (AvgIpc) is 3.40. The standard InChI is InChI=1S/C30H27FN6O3/c1-17-8-20(11-21(31)9-17)25-15-34-26-6-5-19(23-10-18(13-32)14-35-28(23)33)12-24(26)27(25)29(38)36(2)16-22-4-3-7-37(22)30(39)40/h5-6,8-12,14-15,22H,3-4,7,16H2,1-2H3,(H2,33,35)(H,39,40)/t22-/m0/s1. The number of nitriles is 1. The van der Waals surface area contributed by atoms with Gasteiger partial charge in [0, 0.05) is 49.0 Å². The quantitative estimate of drug-likeness (QED) is 0.362. The molecule has 0 radical (unpaired) electrons. The summed E-state index contributed by atoms with van der Waals surface area (Å²) in [5, 5.41) is 19.5. The van der Waals surface area contributed by atoms with Crippen molar-refractivity contribution in [3.05, 3.63) is 77.4 Å². The Balaban J connectivity index is 1.68. The molecule has 0 aliphatic carbocycles. The number of aromatic nitrogens is 2. The zero-order chi connectivity index (χ0) is 28.6. The number of carbonyl (C=O) groups excluding carboxylic acids is 1. The molecule has 202 valence electrons. The third-order valence-corrected chi connectivity index (χ3v) is 7.25. The summed E-state index contributed by atoms with van der Waals surface area (Å²) in [6.45, 7) is 2.40. The molecule has 1 fully saturated rings. The summed E-state index contributed by atoms with van der Waals surface area (Å²) in [5.74, 6) is -0.565. The first kappa shape index (κ1) is 26.6.